The predicted octanol–water partition coefficient (Wildman–Crippen LogP) is 2.60. The van der Waals surface area contributed by atoms with Crippen molar-refractivity contribution in [3.8, 4) is 0 Å². The zero-order valence-electron chi connectivity index (χ0n) is 10.1. The fourth-order valence-corrected chi connectivity index (χ4v) is 1.85. The van der Waals surface area contributed by atoms with Crippen LogP contribution in [0.25, 0.3) is 0 Å². The van der Waals surface area contributed by atoms with Gasteiger partial charge in [-0.3, -0.25) is 9.69 Å². The summed E-state index contributed by atoms with van der Waals surface area (Å²) in [5.41, 5.74) is 8.79. The molecule has 0 aliphatic carbocycles. The summed E-state index contributed by atoms with van der Waals surface area (Å²) in [6.45, 7) is 0. The lowest BCUT2D eigenvalue weighted by atomic mass is 10.2. The molecule has 0 aliphatic heterocycles. The molecule has 18 heavy (non-hydrogen) atoms. The van der Waals surface area contributed by atoms with Crippen LogP contribution in [0.5, 0.6) is 0 Å². The molecule has 4 nitrogen and oxygen atoms in total. The number of benzene rings is 2. The quantitative estimate of drug-likeness (QED) is 0.639. The number of anilines is 4. The third kappa shape index (κ3) is 2.13. The van der Waals surface area contributed by atoms with Gasteiger partial charge in [0.2, 0.25) is 6.41 Å². The Bertz CT molecular complexity index is 554. The van der Waals surface area contributed by atoms with Crippen molar-refractivity contribution in [1.29, 1.82) is 0 Å². The number of carbonyl (C=O) groups excluding carboxylic acids is 1. The summed E-state index contributed by atoms with van der Waals surface area (Å²) in [5.74, 6) is 0. The van der Waals surface area contributed by atoms with Crippen molar-refractivity contribution in [2.45, 2.75) is 0 Å². The van der Waals surface area contributed by atoms with Crippen LogP contribution in [0.3, 0.4) is 0 Å². The van der Waals surface area contributed by atoms with Gasteiger partial charge in [-0.1, -0.05) is 24.3 Å². The third-order valence-electron chi connectivity index (χ3n) is 2.73. The smallest absolute Gasteiger partial charge is 0.218 e. The lowest BCUT2D eigenvalue weighted by Crippen LogP contribution is -2.17. The Morgan fingerprint density at radius 2 is 1.67 bits per heavy atom. The number of nitrogens with two attached hydrogens (primary N) is 1. The highest BCUT2D eigenvalue weighted by Crippen LogP contribution is 2.33. The van der Waals surface area contributed by atoms with E-state index in [9.17, 15) is 4.79 Å². The average Bonchev–Trinajstić information content (AvgIpc) is 2.42. The van der Waals surface area contributed by atoms with Crippen LogP contribution in [-0.4, -0.2) is 13.5 Å². The van der Waals surface area contributed by atoms with Gasteiger partial charge in [0.25, 0.3) is 0 Å². The van der Waals surface area contributed by atoms with Crippen LogP contribution in [0.1, 0.15) is 0 Å². The molecule has 0 atom stereocenters. The highest BCUT2D eigenvalue weighted by Gasteiger charge is 2.13. The van der Waals surface area contributed by atoms with Gasteiger partial charge in [0.05, 0.1) is 22.7 Å². The Hall–Kier alpha value is -2.49. The van der Waals surface area contributed by atoms with Crippen LogP contribution in [0.4, 0.5) is 22.7 Å². The van der Waals surface area contributed by atoms with Gasteiger partial charge in [-0.15, -0.1) is 0 Å². The van der Waals surface area contributed by atoms with Gasteiger partial charge in [-0.05, 0) is 24.3 Å². The Labute approximate surface area is 106 Å². The zero-order valence-corrected chi connectivity index (χ0v) is 10.1. The van der Waals surface area contributed by atoms with Crippen LogP contribution in [-0.2, 0) is 4.79 Å². The molecule has 0 aromatic heterocycles. The second kappa shape index (κ2) is 5.23. The van der Waals surface area contributed by atoms with Crippen molar-refractivity contribution < 1.29 is 4.79 Å². The maximum atomic E-state index is 11.4. The van der Waals surface area contributed by atoms with E-state index in [-0.39, 0.29) is 0 Å². The number of hydrogen-bond donors (Lipinski definition) is 2. The molecular formula is C14H15N3O. The number of rotatable bonds is 4. The highest BCUT2D eigenvalue weighted by atomic mass is 16.1. The van der Waals surface area contributed by atoms with Gasteiger partial charge in [0.1, 0.15) is 0 Å². The maximum Gasteiger partial charge on any atom is 0.218 e. The van der Waals surface area contributed by atoms with Crippen molar-refractivity contribution >= 4 is 29.2 Å². The monoisotopic (exact) mass is 241 g/mol. The first-order chi connectivity index (χ1) is 8.77. The molecule has 1 amide bonds. The van der Waals surface area contributed by atoms with Gasteiger partial charge in [0.15, 0.2) is 0 Å². The van der Waals surface area contributed by atoms with Crippen molar-refractivity contribution in [2.75, 3.05) is 23.0 Å². The topological polar surface area (TPSA) is 58.4 Å². The molecule has 2 aromatic rings. The molecule has 0 aliphatic rings. The number of nitrogens with zero attached hydrogens (tertiary/aromatic N) is 1. The minimum absolute atomic E-state index is 0.565. The Kier molecular flexibility index (Phi) is 3.48. The van der Waals surface area contributed by atoms with Gasteiger partial charge >= 0.3 is 0 Å². The molecule has 2 aromatic carbocycles. The number of para-hydroxylation sites is 4. The van der Waals surface area contributed by atoms with E-state index in [1.165, 1.54) is 4.90 Å². The standard InChI is InChI=1S/C14H15N3O/c1-16-12-7-3-5-9-14(12)17(10-18)13-8-4-2-6-11(13)15/h2-10,16H,15H2,1H3. The van der Waals surface area contributed by atoms with E-state index in [0.717, 1.165) is 17.8 Å². The van der Waals surface area contributed by atoms with Gasteiger partial charge < -0.3 is 11.1 Å². The molecule has 0 saturated heterocycles. The van der Waals surface area contributed by atoms with Crippen LogP contribution in [0.15, 0.2) is 48.5 Å². The summed E-state index contributed by atoms with van der Waals surface area (Å²) in [4.78, 5) is 12.9. The molecule has 3 N–H and O–H groups in total. The first-order valence-electron chi connectivity index (χ1n) is 5.63. The van der Waals surface area contributed by atoms with Crippen molar-refractivity contribution in [3.63, 3.8) is 0 Å². The molecule has 0 radical (unpaired) electrons. The molecule has 0 spiro atoms. The van der Waals surface area contributed by atoms with Crippen molar-refractivity contribution in [3.05, 3.63) is 48.5 Å². The van der Waals surface area contributed by atoms with Crippen LogP contribution in [0.2, 0.25) is 0 Å². The van der Waals surface area contributed by atoms with E-state index in [1.54, 1.807) is 6.07 Å². The number of carbonyl (C=O) groups is 1. The van der Waals surface area contributed by atoms with E-state index in [1.807, 2.05) is 49.5 Å². The van der Waals surface area contributed by atoms with Gasteiger partial charge in [-0.25, -0.2) is 0 Å². The molecule has 92 valence electrons. The lowest BCUT2D eigenvalue weighted by molar-refractivity contribution is -0.106. The number of hydrogen-bond acceptors (Lipinski definition) is 3. The summed E-state index contributed by atoms with van der Waals surface area (Å²) in [7, 11) is 1.82. The fourth-order valence-electron chi connectivity index (χ4n) is 1.85. The molecular weight excluding hydrogens is 226 g/mol. The Morgan fingerprint density at radius 1 is 1.06 bits per heavy atom. The number of nitrogen functional groups attached to an aromatic ring is 1. The number of amides is 1. The molecule has 0 bridgehead atoms. The minimum atomic E-state index is 0.565. The summed E-state index contributed by atoms with van der Waals surface area (Å²) in [6.07, 6.45) is 0.766. The van der Waals surface area contributed by atoms with Gasteiger partial charge in [-0.2, -0.15) is 0 Å². The SMILES string of the molecule is CNc1ccccc1N(C=O)c1ccccc1N. The zero-order chi connectivity index (χ0) is 13.0. The van der Waals surface area contributed by atoms with Crippen molar-refractivity contribution in [2.24, 2.45) is 0 Å². The van der Waals surface area contributed by atoms with E-state index in [0.29, 0.717) is 11.4 Å². The minimum Gasteiger partial charge on any atom is -0.397 e. The Morgan fingerprint density at radius 3 is 2.28 bits per heavy atom. The molecule has 0 heterocycles. The van der Waals surface area contributed by atoms with Gasteiger partial charge in [0, 0.05) is 7.05 Å². The average molecular weight is 241 g/mol. The molecule has 0 unspecified atom stereocenters. The van der Waals surface area contributed by atoms with Crippen LogP contribution >= 0.6 is 0 Å². The fraction of sp³-hybridized carbons (Fsp3) is 0.0714. The summed E-state index contributed by atoms with van der Waals surface area (Å²) >= 11 is 0. The summed E-state index contributed by atoms with van der Waals surface area (Å²) in [5, 5.41) is 3.06. The normalized spacial score (nSPS) is 9.83. The maximum absolute atomic E-state index is 11.4. The van der Waals surface area contributed by atoms with Crippen LogP contribution < -0.4 is 16.0 Å². The van der Waals surface area contributed by atoms with E-state index < -0.39 is 0 Å². The molecule has 4 heteroatoms. The second-order valence-electron chi connectivity index (χ2n) is 3.80. The molecule has 2 rings (SSSR count). The van der Waals surface area contributed by atoms with E-state index in [4.69, 9.17) is 5.73 Å². The lowest BCUT2D eigenvalue weighted by Gasteiger charge is -2.21. The first-order valence-corrected chi connectivity index (χ1v) is 5.63. The Balaban J connectivity index is 2.52. The van der Waals surface area contributed by atoms with Crippen LogP contribution in [0, 0.1) is 0 Å². The molecule has 0 saturated carbocycles. The second-order valence-corrected chi connectivity index (χ2v) is 3.80. The summed E-state index contributed by atoms with van der Waals surface area (Å²) < 4.78 is 0. The largest absolute Gasteiger partial charge is 0.397 e. The van der Waals surface area contributed by atoms with Crippen molar-refractivity contribution in [1.82, 2.24) is 0 Å². The molecule has 0 fully saturated rings. The van der Waals surface area contributed by atoms with E-state index in [2.05, 4.69) is 5.32 Å². The first kappa shape index (κ1) is 12.0. The number of nitrogens with one attached hydrogen (secondary N) is 1. The third-order valence-corrected chi connectivity index (χ3v) is 2.73. The summed E-state index contributed by atoms with van der Waals surface area (Å²) in [6, 6.07) is 14.8. The highest BCUT2D eigenvalue weighted by molar-refractivity contribution is 5.95. The van der Waals surface area contributed by atoms with E-state index >= 15 is 0 Å². The predicted molar refractivity (Wildman–Crippen MR) is 75.0 cm³/mol.